The maximum Gasteiger partial charge on any atom is 0.403 e. The Labute approximate surface area is 77.6 Å². The molecule has 1 fully saturated rings. The van der Waals surface area contributed by atoms with E-state index in [1.807, 2.05) is 0 Å². The van der Waals surface area contributed by atoms with Crippen molar-refractivity contribution in [2.75, 3.05) is 26.2 Å². The second-order valence-corrected chi connectivity index (χ2v) is 3.30. The molecule has 0 bridgehead atoms. The molecule has 0 aromatic rings. The van der Waals surface area contributed by atoms with Crippen molar-refractivity contribution in [3.63, 3.8) is 0 Å². The van der Waals surface area contributed by atoms with Crippen LogP contribution in [0.3, 0.4) is 0 Å². The lowest BCUT2D eigenvalue weighted by atomic mass is 10.1. The molecule has 1 aliphatic heterocycles. The first-order chi connectivity index (χ1) is 5.79. The molecule has 0 aromatic heterocycles. The molecule has 0 radical (unpaired) electrons. The van der Waals surface area contributed by atoms with E-state index >= 15 is 0 Å². The zero-order valence-corrected chi connectivity index (χ0v) is 7.85. The van der Waals surface area contributed by atoms with E-state index < -0.39 is 5.43 Å². The summed E-state index contributed by atoms with van der Waals surface area (Å²) in [7, 11) is 0. The van der Waals surface area contributed by atoms with E-state index in [-0.39, 0.29) is 0 Å². The lowest BCUT2D eigenvalue weighted by Gasteiger charge is -2.25. The Morgan fingerprint density at radius 1 is 1.33 bits per heavy atom. The third kappa shape index (κ3) is 3.93. The molecule has 1 aliphatic rings. The van der Waals surface area contributed by atoms with E-state index in [1.54, 1.807) is 0 Å². The van der Waals surface area contributed by atoms with E-state index in [2.05, 4.69) is 9.64 Å². The second-order valence-electron chi connectivity index (χ2n) is 2.99. The summed E-state index contributed by atoms with van der Waals surface area (Å²) in [5.41, 5.74) is -0.702. The Balaban J connectivity index is 2.01. The van der Waals surface area contributed by atoms with Gasteiger partial charge in [-0.15, -0.1) is 0 Å². The fraction of sp³-hybridized carbons (Fsp3) is 0.875. The third-order valence-corrected chi connectivity index (χ3v) is 2.18. The molecular weight excluding hydrogens is 178 g/mol. The minimum Gasteiger partial charge on any atom is -0.452 e. The number of ether oxygens (including phenoxy) is 1. The average Bonchev–Trinajstić information content (AvgIpc) is 2.05. The quantitative estimate of drug-likeness (QED) is 0.638. The summed E-state index contributed by atoms with van der Waals surface area (Å²) >= 11 is 5.02. The highest BCUT2D eigenvalue weighted by Gasteiger charge is 2.09. The highest BCUT2D eigenvalue weighted by atomic mass is 35.5. The van der Waals surface area contributed by atoms with Gasteiger partial charge in [0.05, 0.1) is 0 Å². The molecule has 4 heteroatoms. The van der Waals surface area contributed by atoms with Gasteiger partial charge >= 0.3 is 5.43 Å². The molecule has 0 aliphatic carbocycles. The van der Waals surface area contributed by atoms with Gasteiger partial charge in [-0.05, 0) is 25.9 Å². The van der Waals surface area contributed by atoms with E-state index in [0.29, 0.717) is 6.61 Å². The molecule has 3 nitrogen and oxygen atoms in total. The van der Waals surface area contributed by atoms with E-state index in [0.717, 1.165) is 19.6 Å². The Morgan fingerprint density at radius 2 is 2.00 bits per heavy atom. The van der Waals surface area contributed by atoms with Gasteiger partial charge in [-0.3, -0.25) is 4.90 Å². The van der Waals surface area contributed by atoms with Crippen LogP contribution in [0.5, 0.6) is 0 Å². The summed E-state index contributed by atoms with van der Waals surface area (Å²) in [5, 5.41) is 0. The van der Waals surface area contributed by atoms with Gasteiger partial charge in [0.2, 0.25) is 0 Å². The predicted molar refractivity (Wildman–Crippen MR) is 47.5 cm³/mol. The number of likely N-dealkylation sites (tertiary alicyclic amines) is 1. The van der Waals surface area contributed by atoms with Gasteiger partial charge in [-0.1, -0.05) is 6.42 Å². The van der Waals surface area contributed by atoms with Gasteiger partial charge in [-0.2, -0.15) is 0 Å². The predicted octanol–water partition coefficient (Wildman–Crippen LogP) is 1.85. The van der Waals surface area contributed by atoms with E-state index in [4.69, 9.17) is 11.6 Å². The molecule has 1 saturated heterocycles. The molecule has 70 valence electrons. The van der Waals surface area contributed by atoms with Crippen molar-refractivity contribution in [1.29, 1.82) is 0 Å². The van der Waals surface area contributed by atoms with Crippen LogP contribution >= 0.6 is 11.6 Å². The zero-order chi connectivity index (χ0) is 8.81. The molecule has 1 heterocycles. The van der Waals surface area contributed by atoms with Crippen LogP contribution in [0.15, 0.2) is 0 Å². The highest BCUT2D eigenvalue weighted by Crippen LogP contribution is 2.07. The summed E-state index contributed by atoms with van der Waals surface area (Å²) in [6.45, 7) is 3.49. The summed E-state index contributed by atoms with van der Waals surface area (Å²) in [5.74, 6) is 0. The lowest BCUT2D eigenvalue weighted by Crippen LogP contribution is -2.32. The SMILES string of the molecule is O=C(Cl)OCCN1CCCCC1. The number of halogens is 1. The summed E-state index contributed by atoms with van der Waals surface area (Å²) in [6.07, 6.45) is 3.84. The van der Waals surface area contributed by atoms with Crippen molar-refractivity contribution in [3.05, 3.63) is 0 Å². The van der Waals surface area contributed by atoms with Gasteiger partial charge in [0, 0.05) is 18.1 Å². The summed E-state index contributed by atoms with van der Waals surface area (Å²) in [4.78, 5) is 12.5. The summed E-state index contributed by atoms with van der Waals surface area (Å²) < 4.78 is 4.63. The van der Waals surface area contributed by atoms with Gasteiger partial charge < -0.3 is 4.74 Å². The van der Waals surface area contributed by atoms with E-state index in [1.165, 1.54) is 19.3 Å². The molecule has 12 heavy (non-hydrogen) atoms. The number of nitrogens with zero attached hydrogens (tertiary/aromatic N) is 1. The number of hydrogen-bond acceptors (Lipinski definition) is 3. The smallest absolute Gasteiger partial charge is 0.403 e. The number of carbonyl (C=O) groups excluding carboxylic acids is 1. The first-order valence-corrected chi connectivity index (χ1v) is 4.71. The number of piperidine rings is 1. The molecule has 0 spiro atoms. The van der Waals surface area contributed by atoms with Crippen molar-refractivity contribution in [3.8, 4) is 0 Å². The van der Waals surface area contributed by atoms with Crippen LogP contribution in [0.1, 0.15) is 19.3 Å². The maximum absolute atomic E-state index is 10.2. The fourth-order valence-electron chi connectivity index (χ4n) is 1.44. The van der Waals surface area contributed by atoms with Gasteiger partial charge in [0.25, 0.3) is 0 Å². The zero-order valence-electron chi connectivity index (χ0n) is 7.09. The van der Waals surface area contributed by atoms with Gasteiger partial charge in [-0.25, -0.2) is 4.79 Å². The Bertz CT molecular complexity index is 146. The molecule has 0 amide bonds. The molecule has 0 saturated carbocycles. The molecule has 0 atom stereocenters. The van der Waals surface area contributed by atoms with Crippen LogP contribution in [-0.2, 0) is 4.74 Å². The van der Waals surface area contributed by atoms with Crippen LogP contribution in [0.25, 0.3) is 0 Å². The lowest BCUT2D eigenvalue weighted by molar-refractivity contribution is 0.140. The van der Waals surface area contributed by atoms with E-state index in [9.17, 15) is 4.79 Å². The first kappa shape index (κ1) is 9.81. The standard InChI is InChI=1S/C8H14ClNO2/c9-8(11)12-7-6-10-4-2-1-3-5-10/h1-7H2. The van der Waals surface area contributed by atoms with Crippen molar-refractivity contribution < 1.29 is 9.53 Å². The minimum atomic E-state index is -0.702. The maximum atomic E-state index is 10.2. The van der Waals surface area contributed by atoms with Crippen LogP contribution < -0.4 is 0 Å². The second kappa shape index (κ2) is 5.38. The monoisotopic (exact) mass is 191 g/mol. The van der Waals surface area contributed by atoms with Gasteiger partial charge in [0.15, 0.2) is 0 Å². The van der Waals surface area contributed by atoms with Crippen LogP contribution in [0, 0.1) is 0 Å². The number of rotatable bonds is 3. The van der Waals surface area contributed by atoms with Crippen molar-refractivity contribution in [2.24, 2.45) is 0 Å². The number of carbonyl (C=O) groups is 1. The molecular formula is C8H14ClNO2. The van der Waals surface area contributed by atoms with Crippen molar-refractivity contribution in [2.45, 2.75) is 19.3 Å². The van der Waals surface area contributed by atoms with Crippen molar-refractivity contribution >= 4 is 17.0 Å². The highest BCUT2D eigenvalue weighted by molar-refractivity contribution is 6.61. The molecule has 1 rings (SSSR count). The minimum absolute atomic E-state index is 0.419. The Hall–Kier alpha value is -0.280. The molecule has 0 N–H and O–H groups in total. The number of hydrogen-bond donors (Lipinski definition) is 0. The van der Waals surface area contributed by atoms with Crippen LogP contribution in [0.4, 0.5) is 4.79 Å². The third-order valence-electron chi connectivity index (χ3n) is 2.07. The largest absolute Gasteiger partial charge is 0.452 e. The normalized spacial score (nSPS) is 19.1. The van der Waals surface area contributed by atoms with Gasteiger partial charge in [0.1, 0.15) is 6.61 Å². The fourth-order valence-corrected chi connectivity index (χ4v) is 1.52. The first-order valence-electron chi connectivity index (χ1n) is 4.33. The molecule has 0 unspecified atom stereocenters. The summed E-state index contributed by atoms with van der Waals surface area (Å²) in [6, 6.07) is 0. The Morgan fingerprint density at radius 3 is 2.58 bits per heavy atom. The average molecular weight is 192 g/mol. The van der Waals surface area contributed by atoms with Crippen molar-refractivity contribution in [1.82, 2.24) is 4.90 Å². The molecule has 0 aromatic carbocycles. The topological polar surface area (TPSA) is 29.5 Å². The Kier molecular flexibility index (Phi) is 4.40. The van der Waals surface area contributed by atoms with Crippen LogP contribution in [0.2, 0.25) is 0 Å². The van der Waals surface area contributed by atoms with Crippen LogP contribution in [-0.4, -0.2) is 36.6 Å².